The van der Waals surface area contributed by atoms with Crippen molar-refractivity contribution >= 4 is 11.6 Å². The highest BCUT2D eigenvalue weighted by Gasteiger charge is 2.42. The van der Waals surface area contributed by atoms with Crippen LogP contribution in [0, 0.1) is 5.41 Å². The third kappa shape index (κ3) is 3.06. The van der Waals surface area contributed by atoms with Gasteiger partial charge in [0.1, 0.15) is 11.6 Å². The maximum Gasteiger partial charge on any atom is 0.327 e. The SMILES string of the molecule is CCOc1ccc([C@H]2C3=C(CC(C)(C)CC3=O)Nc3[nH]c(=O)[nH]c(=O)c32)cc1. The number of hydrogen-bond acceptors (Lipinski definition) is 5. The number of aromatic nitrogens is 2. The Balaban J connectivity index is 1.93. The van der Waals surface area contributed by atoms with Crippen molar-refractivity contribution in [3.05, 3.63) is 67.5 Å². The van der Waals surface area contributed by atoms with Crippen molar-refractivity contribution in [2.24, 2.45) is 5.41 Å². The summed E-state index contributed by atoms with van der Waals surface area (Å²) in [4.78, 5) is 42.5. The Morgan fingerprint density at radius 2 is 1.79 bits per heavy atom. The molecule has 7 nitrogen and oxygen atoms in total. The number of anilines is 1. The average molecular weight is 381 g/mol. The van der Waals surface area contributed by atoms with Gasteiger partial charge in [-0.3, -0.25) is 19.6 Å². The summed E-state index contributed by atoms with van der Waals surface area (Å²) in [5, 5.41) is 3.16. The lowest BCUT2D eigenvalue weighted by atomic mass is 9.69. The summed E-state index contributed by atoms with van der Waals surface area (Å²) in [6.45, 7) is 6.54. The van der Waals surface area contributed by atoms with Crippen LogP contribution >= 0.6 is 0 Å². The fraction of sp³-hybridized carbons (Fsp3) is 0.381. The summed E-state index contributed by atoms with van der Waals surface area (Å²) in [7, 11) is 0. The van der Waals surface area contributed by atoms with Gasteiger partial charge in [0.25, 0.3) is 5.56 Å². The van der Waals surface area contributed by atoms with Crippen LogP contribution in [0.25, 0.3) is 0 Å². The van der Waals surface area contributed by atoms with Gasteiger partial charge in [-0.25, -0.2) is 4.79 Å². The molecule has 7 heteroatoms. The van der Waals surface area contributed by atoms with Crippen molar-refractivity contribution in [2.75, 3.05) is 11.9 Å². The van der Waals surface area contributed by atoms with E-state index in [1.807, 2.05) is 45.0 Å². The minimum Gasteiger partial charge on any atom is -0.494 e. The maximum atomic E-state index is 13.1. The lowest BCUT2D eigenvalue weighted by molar-refractivity contribution is -0.118. The van der Waals surface area contributed by atoms with Crippen molar-refractivity contribution in [1.82, 2.24) is 9.97 Å². The number of Topliss-reactive ketones (excluding diaryl/α,β-unsaturated/α-hetero) is 1. The molecule has 1 aliphatic carbocycles. The van der Waals surface area contributed by atoms with Crippen LogP contribution in [0.3, 0.4) is 0 Å². The number of carbonyl (C=O) groups excluding carboxylic acids is 1. The number of carbonyl (C=O) groups is 1. The van der Waals surface area contributed by atoms with Crippen LogP contribution < -0.4 is 21.3 Å². The second-order valence-electron chi connectivity index (χ2n) is 8.09. The van der Waals surface area contributed by atoms with Crippen molar-refractivity contribution < 1.29 is 9.53 Å². The number of ketones is 1. The molecule has 1 aromatic carbocycles. The summed E-state index contributed by atoms with van der Waals surface area (Å²) in [6, 6.07) is 7.40. The van der Waals surface area contributed by atoms with Gasteiger partial charge in [-0.05, 0) is 36.5 Å². The second-order valence-corrected chi connectivity index (χ2v) is 8.09. The minimum absolute atomic E-state index is 0.0221. The fourth-order valence-corrected chi connectivity index (χ4v) is 4.20. The zero-order valence-corrected chi connectivity index (χ0v) is 16.1. The monoisotopic (exact) mass is 381 g/mol. The lowest BCUT2D eigenvalue weighted by Crippen LogP contribution is -2.38. The summed E-state index contributed by atoms with van der Waals surface area (Å²) in [5.74, 6) is 0.568. The van der Waals surface area contributed by atoms with E-state index in [9.17, 15) is 14.4 Å². The molecule has 0 unspecified atom stereocenters. The average Bonchev–Trinajstić information content (AvgIpc) is 2.59. The first-order valence-corrected chi connectivity index (χ1v) is 9.41. The third-order valence-electron chi connectivity index (χ3n) is 5.28. The molecule has 0 saturated heterocycles. The van der Waals surface area contributed by atoms with Gasteiger partial charge in [-0.2, -0.15) is 0 Å². The smallest absolute Gasteiger partial charge is 0.327 e. The number of aromatic amines is 2. The summed E-state index contributed by atoms with van der Waals surface area (Å²) >= 11 is 0. The largest absolute Gasteiger partial charge is 0.494 e. The standard InChI is InChI=1S/C21H23N3O4/c1-4-28-12-7-5-11(6-8-12)15-16-13(9-21(2,3)10-14(16)25)22-18-17(15)19(26)24-20(27)23-18/h5-8,15H,4,9-10H2,1-3H3,(H3,22,23,24,26,27)/t15-/m0/s1. The molecule has 3 N–H and O–H groups in total. The first-order chi connectivity index (χ1) is 13.3. The van der Waals surface area contributed by atoms with E-state index in [0.717, 1.165) is 17.0 Å². The zero-order valence-electron chi connectivity index (χ0n) is 16.1. The molecule has 28 heavy (non-hydrogen) atoms. The number of benzene rings is 1. The van der Waals surface area contributed by atoms with Crippen molar-refractivity contribution in [3.8, 4) is 5.75 Å². The highest BCUT2D eigenvalue weighted by atomic mass is 16.5. The van der Waals surface area contributed by atoms with Crippen LogP contribution in [0.15, 0.2) is 45.1 Å². The Labute approximate surface area is 161 Å². The van der Waals surface area contributed by atoms with Crippen LogP contribution in [0.4, 0.5) is 5.82 Å². The van der Waals surface area contributed by atoms with Gasteiger partial charge in [0.05, 0.1) is 12.2 Å². The van der Waals surface area contributed by atoms with Gasteiger partial charge in [0, 0.05) is 23.6 Å². The van der Waals surface area contributed by atoms with E-state index in [-0.39, 0.29) is 11.2 Å². The molecule has 0 spiro atoms. The molecule has 4 rings (SSSR count). The van der Waals surface area contributed by atoms with E-state index >= 15 is 0 Å². The van der Waals surface area contributed by atoms with Gasteiger partial charge < -0.3 is 10.1 Å². The number of rotatable bonds is 3. The second kappa shape index (κ2) is 6.51. The number of hydrogen-bond donors (Lipinski definition) is 3. The van der Waals surface area contributed by atoms with E-state index in [4.69, 9.17) is 4.74 Å². The molecule has 146 valence electrons. The third-order valence-corrected chi connectivity index (χ3v) is 5.28. The van der Waals surface area contributed by atoms with Crippen LogP contribution in [-0.4, -0.2) is 22.4 Å². The molecule has 0 fully saturated rings. The van der Waals surface area contributed by atoms with Crippen LogP contribution in [0.5, 0.6) is 5.75 Å². The molecule has 1 atom stereocenters. The van der Waals surface area contributed by atoms with Gasteiger partial charge in [-0.15, -0.1) is 0 Å². The van der Waals surface area contributed by atoms with E-state index in [2.05, 4.69) is 15.3 Å². The molecule has 0 amide bonds. The van der Waals surface area contributed by atoms with Crippen LogP contribution in [0.1, 0.15) is 50.7 Å². The highest BCUT2D eigenvalue weighted by Crippen LogP contribution is 2.47. The molecule has 1 aliphatic heterocycles. The van der Waals surface area contributed by atoms with E-state index in [1.165, 1.54) is 0 Å². The van der Waals surface area contributed by atoms with Crippen molar-refractivity contribution in [2.45, 2.75) is 39.5 Å². The molecular formula is C21H23N3O4. The predicted octanol–water partition coefficient (Wildman–Crippen LogP) is 2.66. The first kappa shape index (κ1) is 18.3. The summed E-state index contributed by atoms with van der Waals surface area (Å²) in [5.41, 5.74) is 1.29. The first-order valence-electron chi connectivity index (χ1n) is 9.41. The van der Waals surface area contributed by atoms with E-state index in [0.29, 0.717) is 36.4 Å². The number of fused-ring (bicyclic) bond motifs is 1. The Kier molecular flexibility index (Phi) is 4.25. The minimum atomic E-state index is -0.577. The lowest BCUT2D eigenvalue weighted by Gasteiger charge is -2.38. The number of allylic oxidation sites excluding steroid dienone is 2. The summed E-state index contributed by atoms with van der Waals surface area (Å²) in [6.07, 6.45) is 1.08. The van der Waals surface area contributed by atoms with E-state index in [1.54, 1.807) is 0 Å². The van der Waals surface area contributed by atoms with Gasteiger partial charge in [0.15, 0.2) is 5.78 Å². The van der Waals surface area contributed by atoms with Crippen molar-refractivity contribution in [3.63, 3.8) is 0 Å². The normalized spacial score (nSPS) is 20.2. The quantitative estimate of drug-likeness (QED) is 0.758. The Hall–Kier alpha value is -3.09. The predicted molar refractivity (Wildman–Crippen MR) is 106 cm³/mol. The molecular weight excluding hydrogens is 358 g/mol. The maximum absolute atomic E-state index is 13.1. The molecule has 0 bridgehead atoms. The topological polar surface area (TPSA) is 104 Å². The van der Waals surface area contributed by atoms with Crippen LogP contribution in [-0.2, 0) is 4.79 Å². The summed E-state index contributed by atoms with van der Waals surface area (Å²) < 4.78 is 5.51. The molecule has 0 saturated carbocycles. The van der Waals surface area contributed by atoms with Gasteiger partial charge in [0.2, 0.25) is 0 Å². The molecule has 1 aromatic heterocycles. The zero-order chi connectivity index (χ0) is 20.1. The Morgan fingerprint density at radius 3 is 2.46 bits per heavy atom. The van der Waals surface area contributed by atoms with Crippen molar-refractivity contribution in [1.29, 1.82) is 0 Å². The number of nitrogens with one attached hydrogen (secondary N) is 3. The molecule has 2 aliphatic rings. The Bertz CT molecular complexity index is 1090. The van der Waals surface area contributed by atoms with Gasteiger partial charge >= 0.3 is 5.69 Å². The fourth-order valence-electron chi connectivity index (χ4n) is 4.20. The molecule has 2 aromatic rings. The number of H-pyrrole nitrogens is 2. The number of ether oxygens (including phenoxy) is 1. The molecule has 2 heterocycles. The van der Waals surface area contributed by atoms with Gasteiger partial charge in [-0.1, -0.05) is 26.0 Å². The Morgan fingerprint density at radius 1 is 1.07 bits per heavy atom. The highest BCUT2D eigenvalue weighted by molar-refractivity contribution is 6.01. The van der Waals surface area contributed by atoms with Crippen LogP contribution in [0.2, 0.25) is 0 Å². The molecule has 0 radical (unpaired) electrons. The van der Waals surface area contributed by atoms with E-state index < -0.39 is 17.2 Å².